The molecule has 0 bridgehead atoms. The first-order valence-electron chi connectivity index (χ1n) is 8.16. The largest absolute Gasteiger partial charge is 0.464 e. The van der Waals surface area contributed by atoms with E-state index in [-0.39, 0.29) is 22.7 Å². The molecule has 7 nitrogen and oxygen atoms in total. The third kappa shape index (κ3) is 3.65. The molecule has 1 heterocycles. The molecule has 25 heavy (non-hydrogen) atoms. The van der Waals surface area contributed by atoms with Crippen LogP contribution in [-0.4, -0.2) is 38.6 Å². The van der Waals surface area contributed by atoms with Crippen molar-refractivity contribution < 1.29 is 17.9 Å². The van der Waals surface area contributed by atoms with Crippen molar-refractivity contribution in [2.24, 2.45) is 5.73 Å². The Balaban J connectivity index is 1.99. The van der Waals surface area contributed by atoms with Gasteiger partial charge in [0.2, 0.25) is 10.0 Å². The Morgan fingerprint density at radius 1 is 1.20 bits per heavy atom. The maximum Gasteiger partial charge on any atom is 0.357 e. The van der Waals surface area contributed by atoms with Crippen LogP contribution in [0.1, 0.15) is 36.2 Å². The van der Waals surface area contributed by atoms with Crippen LogP contribution in [0, 0.1) is 0 Å². The molecule has 1 aliphatic rings. The van der Waals surface area contributed by atoms with Crippen molar-refractivity contribution in [3.05, 3.63) is 36.2 Å². The molecule has 0 atom stereocenters. The van der Waals surface area contributed by atoms with Crippen LogP contribution in [0.4, 0.5) is 0 Å². The maximum atomic E-state index is 12.9. The van der Waals surface area contributed by atoms with Crippen LogP contribution in [-0.2, 0) is 14.8 Å². The fraction of sp³-hybridized carbons (Fsp3) is 0.412. The lowest BCUT2D eigenvalue weighted by molar-refractivity contribution is 0.0596. The van der Waals surface area contributed by atoms with E-state index in [1.54, 1.807) is 18.2 Å². The number of nitrogens with two attached hydrogens (primary N) is 1. The highest BCUT2D eigenvalue weighted by Gasteiger charge is 2.26. The van der Waals surface area contributed by atoms with Gasteiger partial charge in [-0.1, -0.05) is 12.1 Å². The third-order valence-corrected chi connectivity index (χ3v) is 6.11. The van der Waals surface area contributed by atoms with Gasteiger partial charge in [0, 0.05) is 29.1 Å². The van der Waals surface area contributed by atoms with Crippen LogP contribution >= 0.6 is 0 Å². The van der Waals surface area contributed by atoms with Gasteiger partial charge in [-0.15, -0.1) is 0 Å². The molecule has 0 radical (unpaired) electrons. The van der Waals surface area contributed by atoms with Crippen LogP contribution in [0.25, 0.3) is 10.8 Å². The summed E-state index contributed by atoms with van der Waals surface area (Å²) in [5.74, 6) is -0.602. The normalized spacial score (nSPS) is 21.2. The zero-order valence-corrected chi connectivity index (χ0v) is 14.8. The van der Waals surface area contributed by atoms with Crippen LogP contribution in [0.2, 0.25) is 0 Å². The Kier molecular flexibility index (Phi) is 5.03. The molecule has 2 aromatic rings. The molecule has 3 rings (SSSR count). The number of ether oxygens (including phenoxy) is 1. The number of sulfonamides is 1. The summed E-state index contributed by atoms with van der Waals surface area (Å²) >= 11 is 0. The van der Waals surface area contributed by atoms with Crippen LogP contribution < -0.4 is 10.5 Å². The quantitative estimate of drug-likeness (QED) is 0.798. The fourth-order valence-corrected chi connectivity index (χ4v) is 4.72. The highest BCUT2D eigenvalue weighted by Crippen LogP contribution is 2.26. The van der Waals surface area contributed by atoms with Gasteiger partial charge in [0.15, 0.2) is 5.69 Å². The molecule has 3 N–H and O–H groups in total. The second-order valence-electron chi connectivity index (χ2n) is 6.24. The Hall–Kier alpha value is -2.03. The van der Waals surface area contributed by atoms with E-state index >= 15 is 0 Å². The minimum atomic E-state index is -3.72. The van der Waals surface area contributed by atoms with Gasteiger partial charge in [-0.25, -0.2) is 22.9 Å². The molecule has 0 amide bonds. The van der Waals surface area contributed by atoms with Crippen molar-refractivity contribution in [1.29, 1.82) is 0 Å². The molecule has 1 aliphatic carbocycles. The molecule has 1 aromatic heterocycles. The number of esters is 1. The SMILES string of the molecule is COC(=O)c1nccc2c(S(=O)(=O)NC3CCC(N)CC3)cccc12. The van der Waals surface area contributed by atoms with E-state index in [1.165, 1.54) is 19.4 Å². The molecule has 134 valence electrons. The number of aromatic nitrogens is 1. The van der Waals surface area contributed by atoms with E-state index in [4.69, 9.17) is 10.5 Å². The molecule has 0 saturated heterocycles. The number of methoxy groups -OCH3 is 1. The van der Waals surface area contributed by atoms with Crippen molar-refractivity contribution >= 4 is 26.8 Å². The standard InChI is InChI=1S/C17H21N3O4S/c1-24-17(21)16-14-3-2-4-15(13(14)9-10-19-16)25(22,23)20-12-7-5-11(18)6-8-12/h2-4,9-12,20H,5-8,18H2,1H3. The Morgan fingerprint density at radius 2 is 1.92 bits per heavy atom. The Bertz CT molecular complexity index is 890. The number of carbonyl (C=O) groups is 1. The number of nitrogens with zero attached hydrogens (tertiary/aromatic N) is 1. The van der Waals surface area contributed by atoms with Crippen LogP contribution in [0.15, 0.2) is 35.4 Å². The van der Waals surface area contributed by atoms with E-state index in [2.05, 4.69) is 9.71 Å². The Morgan fingerprint density at radius 3 is 2.60 bits per heavy atom. The number of fused-ring (bicyclic) bond motifs is 1. The van der Waals surface area contributed by atoms with Gasteiger partial charge in [0.05, 0.1) is 12.0 Å². The smallest absolute Gasteiger partial charge is 0.357 e. The molecule has 8 heteroatoms. The monoisotopic (exact) mass is 363 g/mol. The van der Waals surface area contributed by atoms with Crippen LogP contribution in [0.3, 0.4) is 0 Å². The van der Waals surface area contributed by atoms with Crippen molar-refractivity contribution in [3.8, 4) is 0 Å². The highest BCUT2D eigenvalue weighted by molar-refractivity contribution is 7.89. The summed E-state index contributed by atoms with van der Waals surface area (Å²) in [5.41, 5.74) is 5.97. The summed E-state index contributed by atoms with van der Waals surface area (Å²) in [7, 11) is -2.46. The highest BCUT2D eigenvalue weighted by atomic mass is 32.2. The summed E-state index contributed by atoms with van der Waals surface area (Å²) in [4.78, 5) is 16.0. The Labute approximate surface area is 146 Å². The number of pyridine rings is 1. The number of benzene rings is 1. The number of rotatable bonds is 4. The second-order valence-corrected chi connectivity index (χ2v) is 7.92. The average molecular weight is 363 g/mol. The van der Waals surface area contributed by atoms with Gasteiger partial charge in [-0.2, -0.15) is 0 Å². The molecule has 1 aromatic carbocycles. The van der Waals surface area contributed by atoms with Crippen molar-refractivity contribution in [2.75, 3.05) is 7.11 Å². The van der Waals surface area contributed by atoms with E-state index in [0.717, 1.165) is 25.7 Å². The fourth-order valence-electron chi connectivity index (χ4n) is 3.19. The number of hydrogen-bond acceptors (Lipinski definition) is 6. The predicted octanol–water partition coefficient (Wildman–Crippen LogP) is 1.57. The second kappa shape index (κ2) is 7.07. The number of carbonyl (C=O) groups excluding carboxylic acids is 1. The molecule has 1 fully saturated rings. The molecule has 0 unspecified atom stereocenters. The minimum Gasteiger partial charge on any atom is -0.464 e. The van der Waals surface area contributed by atoms with Gasteiger partial charge in [0.25, 0.3) is 0 Å². The van der Waals surface area contributed by atoms with E-state index in [9.17, 15) is 13.2 Å². The zero-order chi connectivity index (χ0) is 18.0. The topological polar surface area (TPSA) is 111 Å². The van der Waals surface area contributed by atoms with Gasteiger partial charge in [-0.3, -0.25) is 0 Å². The number of nitrogens with one attached hydrogen (secondary N) is 1. The van der Waals surface area contributed by atoms with E-state index in [0.29, 0.717) is 10.8 Å². The molecule has 1 saturated carbocycles. The summed E-state index contributed by atoms with van der Waals surface area (Å²) in [6, 6.07) is 6.40. The summed E-state index contributed by atoms with van der Waals surface area (Å²) in [5, 5.41) is 0.890. The zero-order valence-electron chi connectivity index (χ0n) is 13.9. The first-order chi connectivity index (χ1) is 11.9. The molecule has 0 aliphatic heterocycles. The predicted molar refractivity (Wildman–Crippen MR) is 93.6 cm³/mol. The number of hydrogen-bond donors (Lipinski definition) is 2. The summed E-state index contributed by atoms with van der Waals surface area (Å²) in [6.07, 6.45) is 4.46. The lowest BCUT2D eigenvalue weighted by Crippen LogP contribution is -2.40. The molecule has 0 spiro atoms. The minimum absolute atomic E-state index is 0.0979. The first-order valence-corrected chi connectivity index (χ1v) is 9.64. The van der Waals surface area contributed by atoms with Crippen molar-refractivity contribution in [3.63, 3.8) is 0 Å². The van der Waals surface area contributed by atoms with Crippen LogP contribution in [0.5, 0.6) is 0 Å². The van der Waals surface area contributed by atoms with Gasteiger partial charge < -0.3 is 10.5 Å². The maximum absolute atomic E-state index is 12.9. The summed E-state index contributed by atoms with van der Waals surface area (Å²) in [6.45, 7) is 0. The van der Waals surface area contributed by atoms with Crippen molar-refractivity contribution in [2.45, 2.75) is 42.7 Å². The van der Waals surface area contributed by atoms with E-state index < -0.39 is 16.0 Å². The summed E-state index contributed by atoms with van der Waals surface area (Å²) < 4.78 is 33.2. The molecular weight excluding hydrogens is 342 g/mol. The third-order valence-electron chi connectivity index (χ3n) is 4.53. The van der Waals surface area contributed by atoms with Crippen molar-refractivity contribution in [1.82, 2.24) is 9.71 Å². The molecular formula is C17H21N3O4S. The van der Waals surface area contributed by atoms with Gasteiger partial charge in [-0.05, 0) is 37.8 Å². The lowest BCUT2D eigenvalue weighted by atomic mass is 9.93. The van der Waals surface area contributed by atoms with Gasteiger partial charge >= 0.3 is 5.97 Å². The first kappa shape index (κ1) is 17.8. The van der Waals surface area contributed by atoms with E-state index in [1.807, 2.05) is 0 Å². The van der Waals surface area contributed by atoms with Gasteiger partial charge in [0.1, 0.15) is 0 Å². The lowest BCUT2D eigenvalue weighted by Gasteiger charge is -2.26. The average Bonchev–Trinajstić information content (AvgIpc) is 2.61.